The molecule has 0 saturated carbocycles. The molecule has 1 aromatic carbocycles. The van der Waals surface area contributed by atoms with Crippen molar-refractivity contribution in [1.82, 2.24) is 15.1 Å². The highest BCUT2D eigenvalue weighted by atomic mass is 16.4. The summed E-state index contributed by atoms with van der Waals surface area (Å²) in [5, 5.41) is 11.6. The summed E-state index contributed by atoms with van der Waals surface area (Å²) in [4.78, 5) is 37.5. The van der Waals surface area contributed by atoms with E-state index in [0.29, 0.717) is 6.54 Å². The molecule has 1 atom stereocenters. The van der Waals surface area contributed by atoms with Crippen molar-refractivity contribution in [2.45, 2.75) is 12.6 Å². The van der Waals surface area contributed by atoms with Gasteiger partial charge in [0.1, 0.15) is 12.6 Å². The monoisotopic (exact) mass is 291 g/mol. The number of urea groups is 1. The minimum atomic E-state index is -1.13. The topological polar surface area (TPSA) is 90.0 Å². The van der Waals surface area contributed by atoms with Gasteiger partial charge in [0.15, 0.2) is 0 Å². The molecule has 7 heteroatoms. The van der Waals surface area contributed by atoms with Crippen LogP contribution in [0.2, 0.25) is 0 Å². The smallest absolute Gasteiger partial charge is 0.328 e. The van der Waals surface area contributed by atoms with E-state index in [1.54, 1.807) is 7.05 Å². The third kappa shape index (κ3) is 3.50. The molecule has 0 aliphatic carbocycles. The molecule has 21 heavy (non-hydrogen) atoms. The van der Waals surface area contributed by atoms with Crippen LogP contribution < -0.4 is 5.32 Å². The van der Waals surface area contributed by atoms with E-state index in [1.807, 2.05) is 30.3 Å². The maximum absolute atomic E-state index is 12.4. The summed E-state index contributed by atoms with van der Waals surface area (Å²) in [7, 11) is 1.58. The minimum Gasteiger partial charge on any atom is -0.480 e. The Labute approximate surface area is 122 Å². The summed E-state index contributed by atoms with van der Waals surface area (Å²) < 4.78 is 0. The minimum absolute atomic E-state index is 0.0704. The molecule has 2 rings (SSSR count). The average molecular weight is 291 g/mol. The number of nitrogens with zero attached hydrogens (tertiary/aromatic N) is 2. The van der Waals surface area contributed by atoms with Crippen LogP contribution in [0, 0.1) is 0 Å². The van der Waals surface area contributed by atoms with Gasteiger partial charge in [-0.25, -0.2) is 9.59 Å². The number of nitrogens with one attached hydrogen (secondary N) is 1. The van der Waals surface area contributed by atoms with Gasteiger partial charge in [-0.3, -0.25) is 9.69 Å². The molecule has 1 aliphatic rings. The molecule has 1 saturated heterocycles. The van der Waals surface area contributed by atoms with Crippen molar-refractivity contribution in [2.24, 2.45) is 0 Å². The van der Waals surface area contributed by atoms with E-state index in [0.717, 1.165) is 10.5 Å². The van der Waals surface area contributed by atoms with Crippen LogP contribution in [-0.4, -0.2) is 59.0 Å². The lowest BCUT2D eigenvalue weighted by Crippen LogP contribution is -2.61. The van der Waals surface area contributed by atoms with Gasteiger partial charge >= 0.3 is 12.0 Å². The number of hydrogen-bond donors (Lipinski definition) is 2. The molecule has 112 valence electrons. The van der Waals surface area contributed by atoms with Gasteiger partial charge in [-0.15, -0.1) is 0 Å². The molecule has 0 spiro atoms. The van der Waals surface area contributed by atoms with E-state index in [-0.39, 0.29) is 19.0 Å². The zero-order chi connectivity index (χ0) is 15.4. The van der Waals surface area contributed by atoms with E-state index in [2.05, 4.69) is 5.32 Å². The van der Waals surface area contributed by atoms with Crippen LogP contribution in [0.1, 0.15) is 5.56 Å². The van der Waals surface area contributed by atoms with Crippen LogP contribution in [0.3, 0.4) is 0 Å². The van der Waals surface area contributed by atoms with Gasteiger partial charge in [-0.1, -0.05) is 30.3 Å². The SMILES string of the molecule is CN(Cc1ccccc1)C(=O)N1CC(=O)NCC1C(=O)O. The van der Waals surface area contributed by atoms with Crippen LogP contribution >= 0.6 is 0 Å². The molecule has 2 N–H and O–H groups in total. The van der Waals surface area contributed by atoms with E-state index < -0.39 is 18.0 Å². The number of carboxylic acids is 1. The van der Waals surface area contributed by atoms with Gasteiger partial charge in [-0.05, 0) is 5.56 Å². The van der Waals surface area contributed by atoms with E-state index in [4.69, 9.17) is 5.11 Å². The Morgan fingerprint density at radius 2 is 2.05 bits per heavy atom. The molecule has 3 amide bonds. The lowest BCUT2D eigenvalue weighted by atomic mass is 10.2. The van der Waals surface area contributed by atoms with Crippen LogP contribution in [0.15, 0.2) is 30.3 Å². The molecule has 1 aromatic rings. The van der Waals surface area contributed by atoms with Crippen molar-refractivity contribution < 1.29 is 19.5 Å². The van der Waals surface area contributed by atoms with Gasteiger partial charge < -0.3 is 15.3 Å². The first-order chi connectivity index (χ1) is 9.99. The first-order valence-electron chi connectivity index (χ1n) is 6.54. The number of hydrogen-bond acceptors (Lipinski definition) is 3. The van der Waals surface area contributed by atoms with Crippen LogP contribution in [-0.2, 0) is 16.1 Å². The number of carbonyl (C=O) groups is 3. The maximum atomic E-state index is 12.4. The van der Waals surface area contributed by atoms with Crippen molar-refractivity contribution in [3.8, 4) is 0 Å². The Morgan fingerprint density at radius 1 is 1.38 bits per heavy atom. The number of piperazine rings is 1. The fourth-order valence-electron chi connectivity index (χ4n) is 2.21. The zero-order valence-corrected chi connectivity index (χ0v) is 11.7. The highest BCUT2D eigenvalue weighted by Crippen LogP contribution is 2.11. The van der Waals surface area contributed by atoms with Crippen LogP contribution in [0.25, 0.3) is 0 Å². The van der Waals surface area contributed by atoms with Crippen molar-refractivity contribution in [1.29, 1.82) is 0 Å². The molecular weight excluding hydrogens is 274 g/mol. The number of carboxylic acid groups (broad SMARTS) is 1. The second kappa shape index (κ2) is 6.25. The third-order valence-corrected chi connectivity index (χ3v) is 3.30. The molecule has 0 aromatic heterocycles. The average Bonchev–Trinajstić information content (AvgIpc) is 2.47. The Hall–Kier alpha value is -2.57. The first-order valence-corrected chi connectivity index (χ1v) is 6.54. The molecule has 1 aliphatic heterocycles. The van der Waals surface area contributed by atoms with Gasteiger partial charge in [0.05, 0.1) is 0 Å². The molecule has 0 bridgehead atoms. The van der Waals surface area contributed by atoms with Crippen LogP contribution in [0.5, 0.6) is 0 Å². The highest BCUT2D eigenvalue weighted by molar-refractivity contribution is 5.90. The fourth-order valence-corrected chi connectivity index (χ4v) is 2.21. The standard InChI is InChI=1S/C14H17N3O4/c1-16(8-10-5-3-2-4-6-10)14(21)17-9-12(18)15-7-11(17)13(19)20/h2-6,11H,7-9H2,1H3,(H,15,18)(H,19,20). The lowest BCUT2D eigenvalue weighted by molar-refractivity contribution is -0.144. The number of amides is 3. The van der Waals surface area contributed by atoms with Crippen molar-refractivity contribution in [2.75, 3.05) is 20.1 Å². The van der Waals surface area contributed by atoms with Gasteiger partial charge in [0, 0.05) is 20.1 Å². The summed E-state index contributed by atoms with van der Waals surface area (Å²) in [5.41, 5.74) is 0.932. The normalized spacial score (nSPS) is 18.0. The number of carbonyl (C=O) groups excluding carboxylic acids is 2. The van der Waals surface area contributed by atoms with Crippen molar-refractivity contribution >= 4 is 17.9 Å². The Morgan fingerprint density at radius 3 is 2.67 bits per heavy atom. The first kappa shape index (κ1) is 14.8. The summed E-state index contributed by atoms with van der Waals surface area (Å²) in [6.07, 6.45) is 0. The predicted molar refractivity (Wildman–Crippen MR) is 74.4 cm³/mol. The second-order valence-corrected chi connectivity index (χ2v) is 4.91. The molecule has 1 heterocycles. The van der Waals surface area contributed by atoms with Crippen LogP contribution in [0.4, 0.5) is 4.79 Å². The summed E-state index contributed by atoms with van der Waals surface area (Å²) in [6, 6.07) is 7.85. The predicted octanol–water partition coefficient (Wildman–Crippen LogP) is 0.123. The lowest BCUT2D eigenvalue weighted by Gasteiger charge is -2.35. The maximum Gasteiger partial charge on any atom is 0.328 e. The highest BCUT2D eigenvalue weighted by Gasteiger charge is 2.36. The Kier molecular flexibility index (Phi) is 4.42. The second-order valence-electron chi connectivity index (χ2n) is 4.91. The zero-order valence-electron chi connectivity index (χ0n) is 11.7. The Bertz CT molecular complexity index is 546. The van der Waals surface area contributed by atoms with Gasteiger partial charge in [-0.2, -0.15) is 0 Å². The number of benzene rings is 1. The molecule has 1 fully saturated rings. The third-order valence-electron chi connectivity index (χ3n) is 3.30. The molecule has 7 nitrogen and oxygen atoms in total. The Balaban J connectivity index is 2.08. The molecule has 1 unspecified atom stereocenters. The number of aliphatic carboxylic acids is 1. The summed E-state index contributed by atoms with van der Waals surface area (Å²) >= 11 is 0. The van der Waals surface area contributed by atoms with E-state index in [1.165, 1.54) is 4.90 Å². The molecule has 0 radical (unpaired) electrons. The van der Waals surface area contributed by atoms with Gasteiger partial charge in [0.2, 0.25) is 5.91 Å². The summed E-state index contributed by atoms with van der Waals surface area (Å²) in [6.45, 7) is 0.0398. The largest absolute Gasteiger partial charge is 0.480 e. The van der Waals surface area contributed by atoms with Crippen molar-refractivity contribution in [3.63, 3.8) is 0 Å². The quantitative estimate of drug-likeness (QED) is 0.828. The van der Waals surface area contributed by atoms with E-state index >= 15 is 0 Å². The summed E-state index contributed by atoms with van der Waals surface area (Å²) in [5.74, 6) is -1.48. The van der Waals surface area contributed by atoms with Crippen molar-refractivity contribution in [3.05, 3.63) is 35.9 Å². The van der Waals surface area contributed by atoms with Gasteiger partial charge in [0.25, 0.3) is 0 Å². The molecular formula is C14H17N3O4. The van der Waals surface area contributed by atoms with E-state index in [9.17, 15) is 14.4 Å². The number of rotatable bonds is 3. The fraction of sp³-hybridized carbons (Fsp3) is 0.357.